The highest BCUT2D eigenvalue weighted by atomic mass is 32.2. The smallest absolute Gasteiger partial charge is 0.286 e. The summed E-state index contributed by atoms with van der Waals surface area (Å²) in [7, 11) is 0. The molecule has 0 amide bonds. The van der Waals surface area contributed by atoms with Crippen LogP contribution in [0.25, 0.3) is 11.4 Å². The van der Waals surface area contributed by atoms with Crippen LogP contribution >= 0.6 is 11.8 Å². The highest BCUT2D eigenvalue weighted by Gasteiger charge is 2.07. The molecule has 0 saturated carbocycles. The Kier molecular flexibility index (Phi) is 4.57. The zero-order valence-electron chi connectivity index (χ0n) is 12.1. The van der Waals surface area contributed by atoms with E-state index in [1.165, 1.54) is 17.3 Å². The van der Waals surface area contributed by atoms with E-state index in [-0.39, 0.29) is 0 Å². The summed E-state index contributed by atoms with van der Waals surface area (Å²) in [5.74, 6) is 7.42. The Morgan fingerprint density at radius 3 is 2.59 bits per heavy atom. The van der Waals surface area contributed by atoms with Gasteiger partial charge in [-0.05, 0) is 19.1 Å². The number of benzene rings is 2. The Balaban J connectivity index is 1.61. The Hall–Kier alpha value is -2.51. The van der Waals surface area contributed by atoms with Crippen LogP contribution in [0.4, 0.5) is 0 Å². The molecule has 4 heteroatoms. The van der Waals surface area contributed by atoms with Crippen molar-refractivity contribution in [3.63, 3.8) is 0 Å². The first-order valence-corrected chi connectivity index (χ1v) is 7.87. The summed E-state index contributed by atoms with van der Waals surface area (Å²) in [6.07, 6.45) is 0. The maximum atomic E-state index is 5.24. The molecular formula is C18H14N2OS. The van der Waals surface area contributed by atoms with Crippen molar-refractivity contribution in [1.29, 1.82) is 0 Å². The number of rotatable bonds is 3. The first-order chi connectivity index (χ1) is 10.8. The van der Waals surface area contributed by atoms with Gasteiger partial charge in [-0.2, -0.15) is 4.98 Å². The van der Waals surface area contributed by atoms with Crippen LogP contribution in [0.15, 0.2) is 64.3 Å². The van der Waals surface area contributed by atoms with E-state index in [9.17, 15) is 0 Å². The van der Waals surface area contributed by atoms with Gasteiger partial charge < -0.3 is 4.52 Å². The fourth-order valence-corrected chi connectivity index (χ4v) is 2.35. The fourth-order valence-electron chi connectivity index (χ4n) is 1.85. The summed E-state index contributed by atoms with van der Waals surface area (Å²) in [5, 5.41) is 4.54. The van der Waals surface area contributed by atoms with Gasteiger partial charge in [-0.15, -0.1) is 0 Å². The van der Waals surface area contributed by atoms with Gasteiger partial charge in [0.2, 0.25) is 5.82 Å². The molecule has 3 rings (SSSR count). The zero-order valence-corrected chi connectivity index (χ0v) is 12.9. The van der Waals surface area contributed by atoms with Crippen LogP contribution in [0.2, 0.25) is 0 Å². The summed E-state index contributed by atoms with van der Waals surface area (Å²) in [5.41, 5.74) is 3.17. The first-order valence-electron chi connectivity index (χ1n) is 6.89. The van der Waals surface area contributed by atoms with Crippen molar-refractivity contribution in [2.24, 2.45) is 0 Å². The summed E-state index contributed by atoms with van der Waals surface area (Å²) in [6, 6.07) is 17.9. The van der Waals surface area contributed by atoms with Crippen LogP contribution in [-0.4, -0.2) is 15.9 Å². The summed E-state index contributed by atoms with van der Waals surface area (Å²) >= 11 is 1.44. The van der Waals surface area contributed by atoms with Crippen LogP contribution in [0.3, 0.4) is 0 Å². The molecule has 1 heterocycles. The summed E-state index contributed by atoms with van der Waals surface area (Å²) < 4.78 is 5.24. The molecule has 0 atom stereocenters. The summed E-state index contributed by atoms with van der Waals surface area (Å²) in [6.45, 7) is 2.05. The van der Waals surface area contributed by atoms with Gasteiger partial charge in [-0.1, -0.05) is 76.8 Å². The van der Waals surface area contributed by atoms with Crippen LogP contribution in [-0.2, 0) is 0 Å². The van der Waals surface area contributed by atoms with Crippen molar-refractivity contribution in [3.05, 3.63) is 65.7 Å². The van der Waals surface area contributed by atoms with E-state index in [1.807, 2.05) is 61.5 Å². The molecule has 0 spiro atoms. The SMILES string of the molecule is Cc1ccc(-c2noc(SCC#Cc3ccccc3)n2)cc1. The van der Waals surface area contributed by atoms with E-state index in [2.05, 4.69) is 22.0 Å². The molecule has 22 heavy (non-hydrogen) atoms. The number of nitrogens with zero attached hydrogens (tertiary/aromatic N) is 2. The molecule has 3 aromatic rings. The average molecular weight is 306 g/mol. The van der Waals surface area contributed by atoms with E-state index in [4.69, 9.17) is 4.52 Å². The molecule has 0 bridgehead atoms. The molecule has 0 aliphatic carbocycles. The third-order valence-corrected chi connectivity index (χ3v) is 3.69. The van der Waals surface area contributed by atoms with Gasteiger partial charge in [0.1, 0.15) is 0 Å². The second-order valence-corrected chi connectivity index (χ2v) is 5.63. The van der Waals surface area contributed by atoms with E-state index in [0.717, 1.165) is 11.1 Å². The zero-order chi connectivity index (χ0) is 15.2. The van der Waals surface area contributed by atoms with E-state index in [1.54, 1.807) is 0 Å². The average Bonchev–Trinajstić information content (AvgIpc) is 3.02. The number of aromatic nitrogens is 2. The van der Waals surface area contributed by atoms with Crippen molar-refractivity contribution in [2.75, 3.05) is 5.75 Å². The number of hydrogen-bond acceptors (Lipinski definition) is 4. The van der Waals surface area contributed by atoms with Crippen LogP contribution in [0.1, 0.15) is 11.1 Å². The normalized spacial score (nSPS) is 10.0. The first kappa shape index (κ1) is 14.4. The minimum absolute atomic E-state index is 0.540. The Bertz CT molecular complexity index is 798. The second-order valence-electron chi connectivity index (χ2n) is 4.71. The van der Waals surface area contributed by atoms with Crippen LogP contribution in [0, 0.1) is 18.8 Å². The van der Waals surface area contributed by atoms with Gasteiger partial charge in [0, 0.05) is 11.1 Å². The molecular weight excluding hydrogens is 292 g/mol. The molecule has 0 fully saturated rings. The number of aryl methyl sites for hydroxylation is 1. The topological polar surface area (TPSA) is 38.9 Å². The largest absolute Gasteiger partial charge is 0.327 e. The monoisotopic (exact) mass is 306 g/mol. The van der Waals surface area contributed by atoms with Crippen molar-refractivity contribution in [1.82, 2.24) is 10.1 Å². The standard InChI is InChI=1S/C18H14N2OS/c1-14-9-11-16(12-10-14)17-19-18(21-20-17)22-13-5-8-15-6-3-2-4-7-15/h2-4,6-7,9-12H,13H2,1H3. The van der Waals surface area contributed by atoms with E-state index >= 15 is 0 Å². The van der Waals surface area contributed by atoms with Gasteiger partial charge >= 0.3 is 0 Å². The number of hydrogen-bond donors (Lipinski definition) is 0. The predicted octanol–water partition coefficient (Wildman–Crippen LogP) is 4.19. The molecule has 0 aliphatic rings. The van der Waals surface area contributed by atoms with E-state index in [0.29, 0.717) is 16.8 Å². The highest BCUT2D eigenvalue weighted by molar-refractivity contribution is 7.99. The Morgan fingerprint density at radius 1 is 1.05 bits per heavy atom. The van der Waals surface area contributed by atoms with Gasteiger partial charge in [-0.25, -0.2) is 0 Å². The van der Waals surface area contributed by atoms with Gasteiger partial charge in [0.25, 0.3) is 5.22 Å². The molecule has 0 saturated heterocycles. The van der Waals surface area contributed by atoms with Crippen molar-refractivity contribution in [2.45, 2.75) is 12.1 Å². The molecule has 108 valence electrons. The molecule has 0 aliphatic heterocycles. The van der Waals surface area contributed by atoms with Crippen molar-refractivity contribution in [3.8, 4) is 23.2 Å². The minimum Gasteiger partial charge on any atom is -0.327 e. The van der Waals surface area contributed by atoms with Crippen molar-refractivity contribution < 1.29 is 4.52 Å². The third-order valence-electron chi connectivity index (χ3n) is 2.99. The molecule has 0 unspecified atom stereocenters. The molecule has 0 N–H and O–H groups in total. The van der Waals surface area contributed by atoms with Crippen LogP contribution in [0.5, 0.6) is 0 Å². The van der Waals surface area contributed by atoms with Gasteiger partial charge in [0.05, 0.1) is 5.75 Å². The lowest BCUT2D eigenvalue weighted by Crippen LogP contribution is -1.81. The molecule has 2 aromatic carbocycles. The maximum Gasteiger partial charge on any atom is 0.286 e. The Labute approximate surface area is 133 Å². The van der Waals surface area contributed by atoms with Gasteiger partial charge in [0.15, 0.2) is 0 Å². The minimum atomic E-state index is 0.540. The summed E-state index contributed by atoms with van der Waals surface area (Å²) in [4.78, 5) is 4.37. The number of thioether (sulfide) groups is 1. The predicted molar refractivity (Wildman–Crippen MR) is 88.5 cm³/mol. The second kappa shape index (κ2) is 6.97. The van der Waals surface area contributed by atoms with Crippen molar-refractivity contribution >= 4 is 11.8 Å². The lowest BCUT2D eigenvalue weighted by Gasteiger charge is -1.94. The molecule has 3 nitrogen and oxygen atoms in total. The van der Waals surface area contributed by atoms with Crippen LogP contribution < -0.4 is 0 Å². The fraction of sp³-hybridized carbons (Fsp3) is 0.111. The van der Waals surface area contributed by atoms with Gasteiger partial charge in [-0.3, -0.25) is 0 Å². The Morgan fingerprint density at radius 2 is 1.82 bits per heavy atom. The third kappa shape index (κ3) is 3.78. The van der Waals surface area contributed by atoms with E-state index < -0.39 is 0 Å². The molecule has 0 radical (unpaired) electrons. The lowest BCUT2D eigenvalue weighted by atomic mass is 10.1. The maximum absolute atomic E-state index is 5.24. The lowest BCUT2D eigenvalue weighted by molar-refractivity contribution is 0.341. The molecule has 1 aromatic heterocycles. The quantitative estimate of drug-likeness (QED) is 0.537. The highest BCUT2D eigenvalue weighted by Crippen LogP contribution is 2.21.